The van der Waals surface area contributed by atoms with E-state index >= 15 is 0 Å². The molecule has 0 atom stereocenters. The Morgan fingerprint density at radius 2 is 2.29 bits per heavy atom. The van der Waals surface area contributed by atoms with Gasteiger partial charge in [0.1, 0.15) is 6.33 Å². The van der Waals surface area contributed by atoms with E-state index in [4.69, 9.17) is 5.26 Å². The minimum absolute atomic E-state index is 0.174. The average molecular weight is 235 g/mol. The molecule has 0 aliphatic carbocycles. The summed E-state index contributed by atoms with van der Waals surface area (Å²) in [6, 6.07) is 2.19. The molecule has 0 spiro atoms. The molecular weight excluding hydrogens is 214 g/mol. The van der Waals surface area contributed by atoms with Crippen LogP contribution in [0.15, 0.2) is 6.33 Å². The Morgan fingerprint density at radius 3 is 2.88 bits per heavy atom. The van der Waals surface area contributed by atoms with Gasteiger partial charge in [-0.15, -0.1) is 0 Å². The van der Waals surface area contributed by atoms with Crippen LogP contribution in [0.1, 0.15) is 32.5 Å². The van der Waals surface area contributed by atoms with Crippen LogP contribution in [0.5, 0.6) is 0 Å². The van der Waals surface area contributed by atoms with Crippen molar-refractivity contribution in [3.05, 3.63) is 12.2 Å². The maximum Gasteiger partial charge on any atom is 0.151 e. The molecular formula is C12H21N5. The van der Waals surface area contributed by atoms with Crippen LogP contribution in [-0.2, 0) is 13.5 Å². The third-order valence-corrected chi connectivity index (χ3v) is 2.69. The Balaban J connectivity index is 2.17. The van der Waals surface area contributed by atoms with Crippen LogP contribution in [0.25, 0.3) is 0 Å². The zero-order valence-electron chi connectivity index (χ0n) is 10.9. The number of aromatic nitrogens is 3. The summed E-state index contributed by atoms with van der Waals surface area (Å²) in [4.78, 5) is 4.17. The molecule has 0 aliphatic rings. The van der Waals surface area contributed by atoms with Crippen LogP contribution in [0.4, 0.5) is 0 Å². The molecule has 1 heterocycles. The Bertz CT molecular complexity index is 374. The molecule has 94 valence electrons. The van der Waals surface area contributed by atoms with Crippen molar-refractivity contribution < 1.29 is 0 Å². The fourth-order valence-corrected chi connectivity index (χ4v) is 1.61. The Kier molecular flexibility index (Phi) is 5.11. The number of hydrogen-bond acceptors (Lipinski definition) is 4. The van der Waals surface area contributed by atoms with Crippen molar-refractivity contribution >= 4 is 0 Å². The Morgan fingerprint density at radius 1 is 1.53 bits per heavy atom. The van der Waals surface area contributed by atoms with Gasteiger partial charge in [-0.2, -0.15) is 10.4 Å². The molecule has 0 aromatic carbocycles. The van der Waals surface area contributed by atoms with E-state index in [1.54, 1.807) is 11.0 Å². The second-order valence-electron chi connectivity index (χ2n) is 5.08. The number of rotatable bonds is 7. The number of aryl methyl sites for hydroxylation is 1. The summed E-state index contributed by atoms with van der Waals surface area (Å²) in [5.74, 6) is 0.870. The first kappa shape index (κ1) is 13.7. The van der Waals surface area contributed by atoms with Crippen molar-refractivity contribution in [2.45, 2.75) is 33.1 Å². The van der Waals surface area contributed by atoms with Gasteiger partial charge in [0, 0.05) is 33.0 Å². The van der Waals surface area contributed by atoms with Gasteiger partial charge in [-0.3, -0.25) is 4.68 Å². The summed E-state index contributed by atoms with van der Waals surface area (Å²) >= 11 is 0. The number of hydrogen-bond donors (Lipinski definition) is 1. The van der Waals surface area contributed by atoms with Gasteiger partial charge in [0.25, 0.3) is 0 Å². The van der Waals surface area contributed by atoms with Crippen molar-refractivity contribution in [2.24, 2.45) is 12.5 Å². The summed E-state index contributed by atoms with van der Waals surface area (Å²) in [6.07, 6.45) is 4.11. The van der Waals surface area contributed by atoms with E-state index in [9.17, 15) is 0 Å². The number of nitriles is 1. The van der Waals surface area contributed by atoms with Gasteiger partial charge < -0.3 is 5.32 Å². The topological polar surface area (TPSA) is 66.5 Å². The molecule has 0 fully saturated rings. The zero-order valence-corrected chi connectivity index (χ0v) is 10.9. The molecule has 0 saturated carbocycles. The first-order valence-electron chi connectivity index (χ1n) is 5.96. The second kappa shape index (κ2) is 6.36. The number of nitrogens with zero attached hydrogens (tertiary/aromatic N) is 4. The van der Waals surface area contributed by atoms with E-state index in [0.717, 1.165) is 31.8 Å². The third kappa shape index (κ3) is 5.45. The molecule has 0 aliphatic heterocycles. The van der Waals surface area contributed by atoms with Crippen LogP contribution in [0.3, 0.4) is 0 Å². The minimum atomic E-state index is 0.174. The third-order valence-electron chi connectivity index (χ3n) is 2.69. The molecule has 0 saturated heterocycles. The van der Waals surface area contributed by atoms with E-state index in [1.165, 1.54) is 0 Å². The van der Waals surface area contributed by atoms with Gasteiger partial charge in [0.05, 0.1) is 6.07 Å². The molecule has 1 aromatic heterocycles. The largest absolute Gasteiger partial charge is 0.316 e. The molecule has 0 bridgehead atoms. The van der Waals surface area contributed by atoms with E-state index in [-0.39, 0.29) is 5.41 Å². The second-order valence-corrected chi connectivity index (χ2v) is 5.08. The van der Waals surface area contributed by atoms with Crippen LogP contribution >= 0.6 is 0 Å². The molecule has 17 heavy (non-hydrogen) atoms. The molecule has 0 unspecified atom stereocenters. The summed E-state index contributed by atoms with van der Waals surface area (Å²) in [7, 11) is 1.87. The Hall–Kier alpha value is -1.41. The van der Waals surface area contributed by atoms with Crippen molar-refractivity contribution in [1.82, 2.24) is 20.1 Å². The lowest BCUT2D eigenvalue weighted by atomic mass is 9.88. The molecule has 5 nitrogen and oxygen atoms in total. The van der Waals surface area contributed by atoms with E-state index in [0.29, 0.717) is 6.42 Å². The molecule has 1 rings (SSSR count). The fraction of sp³-hybridized carbons (Fsp3) is 0.750. The Labute approximate surface area is 103 Å². The van der Waals surface area contributed by atoms with Gasteiger partial charge in [0.2, 0.25) is 0 Å². The number of nitrogens with one attached hydrogen (secondary N) is 1. The molecule has 0 amide bonds. The first-order valence-corrected chi connectivity index (χ1v) is 5.96. The summed E-state index contributed by atoms with van der Waals surface area (Å²) < 4.78 is 1.71. The standard InChI is InChI=1S/C12H21N5/c1-12(2,6-4-7-13)9-14-8-5-11-15-10-17(3)16-11/h10,14H,4-6,8-9H2,1-3H3. The highest BCUT2D eigenvalue weighted by Crippen LogP contribution is 2.20. The molecule has 5 heteroatoms. The van der Waals surface area contributed by atoms with Gasteiger partial charge in [-0.1, -0.05) is 13.8 Å². The van der Waals surface area contributed by atoms with Crippen LogP contribution in [0.2, 0.25) is 0 Å². The predicted octanol–water partition coefficient (Wildman–Crippen LogP) is 1.28. The van der Waals surface area contributed by atoms with Gasteiger partial charge in [-0.05, 0) is 11.8 Å². The maximum absolute atomic E-state index is 8.56. The normalized spacial score (nSPS) is 11.4. The highest BCUT2D eigenvalue weighted by molar-refractivity contribution is 4.83. The maximum atomic E-state index is 8.56. The van der Waals surface area contributed by atoms with Gasteiger partial charge in [0.15, 0.2) is 5.82 Å². The highest BCUT2D eigenvalue weighted by Gasteiger charge is 2.16. The van der Waals surface area contributed by atoms with Crippen LogP contribution < -0.4 is 5.32 Å². The van der Waals surface area contributed by atoms with Gasteiger partial charge >= 0.3 is 0 Å². The van der Waals surface area contributed by atoms with Gasteiger partial charge in [-0.25, -0.2) is 4.98 Å². The van der Waals surface area contributed by atoms with Crippen molar-refractivity contribution in [3.8, 4) is 6.07 Å². The van der Waals surface area contributed by atoms with Crippen molar-refractivity contribution in [2.75, 3.05) is 13.1 Å². The summed E-state index contributed by atoms with van der Waals surface area (Å²) in [6.45, 7) is 6.15. The summed E-state index contributed by atoms with van der Waals surface area (Å²) in [5, 5.41) is 16.2. The lowest BCUT2D eigenvalue weighted by molar-refractivity contribution is 0.319. The van der Waals surface area contributed by atoms with E-state index < -0.39 is 0 Å². The SMILES string of the molecule is Cn1cnc(CCNCC(C)(C)CCC#N)n1. The smallest absolute Gasteiger partial charge is 0.151 e. The molecule has 0 radical (unpaired) electrons. The van der Waals surface area contributed by atoms with E-state index in [2.05, 4.69) is 35.3 Å². The van der Waals surface area contributed by atoms with Crippen molar-refractivity contribution in [3.63, 3.8) is 0 Å². The highest BCUT2D eigenvalue weighted by atomic mass is 15.3. The fourth-order valence-electron chi connectivity index (χ4n) is 1.61. The van der Waals surface area contributed by atoms with E-state index in [1.807, 2.05) is 7.05 Å². The quantitative estimate of drug-likeness (QED) is 0.723. The monoisotopic (exact) mass is 235 g/mol. The predicted molar refractivity (Wildman–Crippen MR) is 66.2 cm³/mol. The minimum Gasteiger partial charge on any atom is -0.316 e. The first-order chi connectivity index (χ1) is 8.03. The molecule has 1 N–H and O–H groups in total. The summed E-state index contributed by atoms with van der Waals surface area (Å²) in [5.41, 5.74) is 0.174. The average Bonchev–Trinajstić information content (AvgIpc) is 2.68. The molecule has 1 aromatic rings. The van der Waals surface area contributed by atoms with Crippen LogP contribution in [0, 0.1) is 16.7 Å². The lowest BCUT2D eigenvalue weighted by Gasteiger charge is -2.23. The van der Waals surface area contributed by atoms with Crippen LogP contribution in [-0.4, -0.2) is 27.9 Å². The zero-order chi connectivity index (χ0) is 12.7. The van der Waals surface area contributed by atoms with Crippen molar-refractivity contribution in [1.29, 1.82) is 5.26 Å². The lowest BCUT2D eigenvalue weighted by Crippen LogP contribution is -2.30.